The Morgan fingerprint density at radius 3 is 3.20 bits per heavy atom. The molecule has 1 aliphatic carbocycles. The van der Waals surface area contributed by atoms with Crippen LogP contribution in [0.5, 0.6) is 0 Å². The van der Waals surface area contributed by atoms with Crippen LogP contribution in [-0.2, 0) is 0 Å². The molecule has 0 bridgehead atoms. The molecule has 0 saturated heterocycles. The maximum absolute atomic E-state index is 2.37. The first kappa shape index (κ1) is 6.89. The molecule has 0 spiro atoms. The van der Waals surface area contributed by atoms with Crippen LogP contribution >= 0.6 is 0 Å². The maximum atomic E-state index is 2.37. The molecule has 0 fully saturated rings. The molecule has 0 nitrogen and oxygen atoms in total. The minimum absolute atomic E-state index is 0.482. The van der Waals surface area contributed by atoms with Gasteiger partial charge in [0.1, 0.15) is 0 Å². The van der Waals surface area contributed by atoms with E-state index in [4.69, 9.17) is 0 Å². The molecule has 0 aromatic rings. The number of allylic oxidation sites excluding steroid dienone is 4. The molecular weight excluding hydrogens is 235 g/mol. The fourth-order valence-corrected chi connectivity index (χ4v) is 4.54. The Labute approximate surface area is 72.7 Å². The van der Waals surface area contributed by atoms with Crippen LogP contribution in [0.3, 0.4) is 0 Å². The molecule has 1 heterocycles. The minimum atomic E-state index is 0.482. The molecule has 0 aromatic heterocycles. The van der Waals surface area contributed by atoms with E-state index in [9.17, 15) is 0 Å². The van der Waals surface area contributed by atoms with Crippen molar-refractivity contribution >= 4 is 0 Å². The summed E-state index contributed by atoms with van der Waals surface area (Å²) in [5, 5.41) is 0. The van der Waals surface area contributed by atoms with Gasteiger partial charge in [-0.1, -0.05) is 0 Å². The van der Waals surface area contributed by atoms with E-state index in [0.29, 0.717) is 21.2 Å². The first-order chi connectivity index (χ1) is 4.97. The van der Waals surface area contributed by atoms with E-state index < -0.39 is 0 Å². The summed E-state index contributed by atoms with van der Waals surface area (Å²) < 4.78 is 3.42. The molecular formula is C9H12I-. The molecule has 0 saturated carbocycles. The third-order valence-corrected chi connectivity index (χ3v) is 5.49. The van der Waals surface area contributed by atoms with Crippen molar-refractivity contribution in [2.45, 2.75) is 25.7 Å². The average Bonchev–Trinajstić information content (AvgIpc) is 2.05. The summed E-state index contributed by atoms with van der Waals surface area (Å²) in [7, 11) is 0. The molecule has 0 atom stereocenters. The van der Waals surface area contributed by atoms with Crippen LogP contribution in [0.25, 0.3) is 0 Å². The predicted molar refractivity (Wildman–Crippen MR) is 39.5 cm³/mol. The van der Waals surface area contributed by atoms with Gasteiger partial charge in [-0.25, -0.2) is 0 Å². The van der Waals surface area contributed by atoms with E-state index >= 15 is 0 Å². The van der Waals surface area contributed by atoms with Crippen LogP contribution in [0, 0.1) is 0 Å². The van der Waals surface area contributed by atoms with Gasteiger partial charge in [-0.2, -0.15) is 0 Å². The van der Waals surface area contributed by atoms with Gasteiger partial charge >= 0.3 is 72.6 Å². The Balaban J connectivity index is 2.23. The van der Waals surface area contributed by atoms with E-state index in [1.54, 1.807) is 10.0 Å². The van der Waals surface area contributed by atoms with Crippen LogP contribution in [0.4, 0.5) is 0 Å². The molecule has 1 aliphatic heterocycles. The molecule has 2 rings (SSSR count). The Kier molecular flexibility index (Phi) is 2.12. The van der Waals surface area contributed by atoms with Crippen LogP contribution < -0.4 is 21.2 Å². The zero-order valence-electron chi connectivity index (χ0n) is 6.07. The Hall–Kier alpha value is 0.210. The van der Waals surface area contributed by atoms with Crippen molar-refractivity contribution in [1.29, 1.82) is 0 Å². The molecule has 0 N–H and O–H groups in total. The topological polar surface area (TPSA) is 0 Å². The zero-order chi connectivity index (χ0) is 6.81. The zero-order valence-corrected chi connectivity index (χ0v) is 8.23. The van der Waals surface area contributed by atoms with Crippen molar-refractivity contribution in [3.63, 3.8) is 0 Å². The van der Waals surface area contributed by atoms with E-state index in [1.165, 1.54) is 25.7 Å². The average molecular weight is 247 g/mol. The second-order valence-electron chi connectivity index (χ2n) is 2.80. The van der Waals surface area contributed by atoms with Gasteiger partial charge in [0.15, 0.2) is 0 Å². The van der Waals surface area contributed by atoms with Crippen LogP contribution in [-0.4, -0.2) is 4.43 Å². The SMILES string of the molecule is C1=CC2=C(CC1)[I-]CCC2. The van der Waals surface area contributed by atoms with Gasteiger partial charge in [-0.15, -0.1) is 0 Å². The first-order valence-corrected chi connectivity index (χ1v) is 6.55. The van der Waals surface area contributed by atoms with Gasteiger partial charge < -0.3 is 0 Å². The van der Waals surface area contributed by atoms with Crippen molar-refractivity contribution in [3.05, 3.63) is 21.3 Å². The third kappa shape index (κ3) is 1.29. The molecule has 1 heteroatoms. The number of alkyl halides is 1. The Morgan fingerprint density at radius 1 is 1.30 bits per heavy atom. The third-order valence-electron chi connectivity index (χ3n) is 2.03. The monoisotopic (exact) mass is 247 g/mol. The fourth-order valence-electron chi connectivity index (χ4n) is 1.50. The summed E-state index contributed by atoms with van der Waals surface area (Å²) in [6.45, 7) is 0. The normalized spacial score (nSPS) is 25.6. The van der Waals surface area contributed by atoms with E-state index in [0.717, 1.165) is 0 Å². The summed E-state index contributed by atoms with van der Waals surface area (Å²) in [5.41, 5.74) is 1.71. The van der Waals surface area contributed by atoms with Gasteiger partial charge in [-0.3, -0.25) is 0 Å². The van der Waals surface area contributed by atoms with E-state index in [-0.39, 0.29) is 0 Å². The summed E-state index contributed by atoms with van der Waals surface area (Å²) in [4.78, 5) is 0. The summed E-state index contributed by atoms with van der Waals surface area (Å²) >= 11 is 0.482. The second kappa shape index (κ2) is 3.07. The summed E-state index contributed by atoms with van der Waals surface area (Å²) in [5.74, 6) is 0. The van der Waals surface area contributed by atoms with Crippen molar-refractivity contribution in [2.24, 2.45) is 0 Å². The van der Waals surface area contributed by atoms with Gasteiger partial charge in [-0.05, 0) is 0 Å². The van der Waals surface area contributed by atoms with Crippen LogP contribution in [0.2, 0.25) is 0 Å². The molecule has 0 radical (unpaired) electrons. The number of hydrogen-bond acceptors (Lipinski definition) is 0. The number of halogens is 1. The van der Waals surface area contributed by atoms with Crippen LogP contribution in [0.1, 0.15) is 25.7 Å². The number of hydrogen-bond donors (Lipinski definition) is 0. The van der Waals surface area contributed by atoms with Gasteiger partial charge in [0, 0.05) is 0 Å². The fraction of sp³-hybridized carbons (Fsp3) is 0.556. The van der Waals surface area contributed by atoms with E-state index in [2.05, 4.69) is 12.2 Å². The summed E-state index contributed by atoms with van der Waals surface area (Å²) in [6, 6.07) is 0. The molecule has 0 aromatic carbocycles. The molecule has 0 amide bonds. The molecule has 0 unspecified atom stereocenters. The summed E-state index contributed by atoms with van der Waals surface area (Å²) in [6.07, 6.45) is 10.3. The Bertz CT molecular complexity index is 189. The molecule has 10 heavy (non-hydrogen) atoms. The Morgan fingerprint density at radius 2 is 2.30 bits per heavy atom. The van der Waals surface area contributed by atoms with Gasteiger partial charge in [0.2, 0.25) is 0 Å². The van der Waals surface area contributed by atoms with Crippen molar-refractivity contribution in [3.8, 4) is 0 Å². The van der Waals surface area contributed by atoms with E-state index in [1.807, 2.05) is 3.58 Å². The predicted octanol–water partition coefficient (Wildman–Crippen LogP) is -0.527. The van der Waals surface area contributed by atoms with Crippen LogP contribution in [0.15, 0.2) is 21.3 Å². The standard InChI is InChI=1S/C9H12I/c1-2-6-9-8(4-1)5-3-7-10-9/h1,4H,2-3,5-7H2/q-1. The van der Waals surface area contributed by atoms with Crippen molar-refractivity contribution < 1.29 is 21.2 Å². The molecule has 56 valence electrons. The van der Waals surface area contributed by atoms with Gasteiger partial charge in [0.25, 0.3) is 0 Å². The van der Waals surface area contributed by atoms with Gasteiger partial charge in [0.05, 0.1) is 0 Å². The van der Waals surface area contributed by atoms with Crippen molar-refractivity contribution in [2.75, 3.05) is 4.43 Å². The first-order valence-electron chi connectivity index (χ1n) is 3.94. The quantitative estimate of drug-likeness (QED) is 0.399. The second-order valence-corrected chi connectivity index (χ2v) is 5.94. The number of rotatable bonds is 0. The molecule has 2 aliphatic rings. The van der Waals surface area contributed by atoms with Crippen molar-refractivity contribution in [1.82, 2.24) is 0 Å².